The molecule has 0 bridgehead atoms. The maximum absolute atomic E-state index is 12.9. The topological polar surface area (TPSA) is 115 Å². The second-order valence-corrected chi connectivity index (χ2v) is 6.99. The molecular weight excluding hydrogens is 412 g/mol. The molecule has 9 nitrogen and oxygen atoms in total. The van der Waals surface area contributed by atoms with E-state index in [2.05, 4.69) is 15.7 Å². The smallest absolute Gasteiger partial charge is 0.352 e. The minimum Gasteiger partial charge on any atom is -0.497 e. The van der Waals surface area contributed by atoms with E-state index in [1.54, 1.807) is 54.3 Å². The van der Waals surface area contributed by atoms with Crippen LogP contribution in [0.2, 0.25) is 0 Å². The second-order valence-electron chi connectivity index (χ2n) is 6.99. The molecule has 1 aromatic heterocycles. The Morgan fingerprint density at radius 3 is 2.44 bits per heavy atom. The largest absolute Gasteiger partial charge is 0.497 e. The molecule has 1 aliphatic rings. The molecule has 3 aromatic rings. The second kappa shape index (κ2) is 8.84. The van der Waals surface area contributed by atoms with Gasteiger partial charge in [0.25, 0.3) is 5.91 Å². The van der Waals surface area contributed by atoms with Crippen LogP contribution < -0.4 is 20.1 Å². The number of hydrogen-bond acceptors (Lipinski definition) is 6. The Kier molecular flexibility index (Phi) is 5.80. The van der Waals surface area contributed by atoms with Crippen LogP contribution >= 0.6 is 0 Å². The normalized spacial score (nSPS) is 14.6. The lowest BCUT2D eigenvalue weighted by Gasteiger charge is -2.24. The van der Waals surface area contributed by atoms with Gasteiger partial charge in [0.05, 0.1) is 26.0 Å². The number of carboxylic acid groups (broad SMARTS) is 1. The first-order chi connectivity index (χ1) is 15.5. The van der Waals surface area contributed by atoms with E-state index in [-0.39, 0.29) is 11.3 Å². The molecular formula is C23H22N4O5. The minimum absolute atomic E-state index is 0.0334. The van der Waals surface area contributed by atoms with Crippen molar-refractivity contribution in [3.05, 3.63) is 77.6 Å². The van der Waals surface area contributed by atoms with Crippen LogP contribution in [0, 0.1) is 0 Å². The number of hydrogen-bond donors (Lipinski definition) is 3. The van der Waals surface area contributed by atoms with Gasteiger partial charge in [0, 0.05) is 5.69 Å². The summed E-state index contributed by atoms with van der Waals surface area (Å²) in [6, 6.07) is 13.7. The zero-order valence-corrected chi connectivity index (χ0v) is 17.5. The zero-order chi connectivity index (χ0) is 22.7. The number of benzene rings is 2. The Balaban J connectivity index is 1.64. The summed E-state index contributed by atoms with van der Waals surface area (Å²) in [6.07, 6.45) is 2.97. The molecule has 32 heavy (non-hydrogen) atoms. The third-order valence-corrected chi connectivity index (χ3v) is 4.99. The zero-order valence-electron chi connectivity index (χ0n) is 17.5. The van der Waals surface area contributed by atoms with Crippen molar-refractivity contribution < 1.29 is 24.2 Å². The standard InChI is InChI=1S/C23H22N4O5/c1-3-32-17-10-6-15(7-11-17)25-22(28)18-13-24-27-20(12-19(23(29)30)26-21(18)27)14-4-8-16(31-2)9-5-14/h4-13,20,26H,3H2,1-2H3,(H,25,28)(H,29,30)/t20-/m1/s1. The summed E-state index contributed by atoms with van der Waals surface area (Å²) < 4.78 is 12.2. The van der Waals surface area contributed by atoms with Gasteiger partial charge in [-0.3, -0.25) is 4.79 Å². The summed E-state index contributed by atoms with van der Waals surface area (Å²) in [6.45, 7) is 2.44. The van der Waals surface area contributed by atoms with Crippen LogP contribution in [-0.4, -0.2) is 40.5 Å². The number of carboxylic acids is 1. The summed E-state index contributed by atoms with van der Waals surface area (Å²) in [5, 5.41) is 19.6. The molecule has 0 saturated heterocycles. The highest BCUT2D eigenvalue weighted by atomic mass is 16.5. The molecule has 1 amide bonds. The quantitative estimate of drug-likeness (QED) is 0.521. The number of rotatable bonds is 7. The third-order valence-electron chi connectivity index (χ3n) is 4.99. The van der Waals surface area contributed by atoms with Crippen LogP contribution in [0.5, 0.6) is 11.5 Å². The fraction of sp³-hybridized carbons (Fsp3) is 0.174. The molecule has 0 saturated carbocycles. The number of fused-ring (bicyclic) bond motifs is 1. The first-order valence-electron chi connectivity index (χ1n) is 9.98. The average molecular weight is 434 g/mol. The van der Waals surface area contributed by atoms with Crippen molar-refractivity contribution in [2.75, 3.05) is 24.4 Å². The van der Waals surface area contributed by atoms with E-state index < -0.39 is 17.9 Å². The maximum atomic E-state index is 12.9. The van der Waals surface area contributed by atoms with Gasteiger partial charge in [-0.2, -0.15) is 5.10 Å². The van der Waals surface area contributed by atoms with Gasteiger partial charge in [-0.05, 0) is 55.0 Å². The number of anilines is 2. The lowest BCUT2D eigenvalue weighted by atomic mass is 10.0. The van der Waals surface area contributed by atoms with Crippen LogP contribution in [0.15, 0.2) is 66.5 Å². The van der Waals surface area contributed by atoms with E-state index in [0.717, 1.165) is 5.56 Å². The number of carbonyl (C=O) groups excluding carboxylic acids is 1. The van der Waals surface area contributed by atoms with Gasteiger partial charge in [0.15, 0.2) is 0 Å². The first-order valence-corrected chi connectivity index (χ1v) is 9.98. The SMILES string of the molecule is CCOc1ccc(NC(=O)c2cnn3c2NC(C(=O)O)=C[C@@H]3c2ccc(OC)cc2)cc1. The van der Waals surface area contributed by atoms with Gasteiger partial charge in [-0.1, -0.05) is 12.1 Å². The Labute approximate surface area is 184 Å². The van der Waals surface area contributed by atoms with Gasteiger partial charge in [-0.15, -0.1) is 0 Å². The summed E-state index contributed by atoms with van der Waals surface area (Å²) in [4.78, 5) is 24.7. The third kappa shape index (κ3) is 4.13. The lowest BCUT2D eigenvalue weighted by molar-refractivity contribution is -0.132. The Morgan fingerprint density at radius 2 is 1.81 bits per heavy atom. The molecule has 4 rings (SSSR count). The van der Waals surface area contributed by atoms with Crippen molar-refractivity contribution in [3.63, 3.8) is 0 Å². The summed E-state index contributed by atoms with van der Waals surface area (Å²) in [5.74, 6) is 0.140. The van der Waals surface area contributed by atoms with Gasteiger partial charge in [-0.25, -0.2) is 9.48 Å². The monoisotopic (exact) mass is 434 g/mol. The van der Waals surface area contributed by atoms with Gasteiger partial charge < -0.3 is 25.2 Å². The van der Waals surface area contributed by atoms with Crippen LogP contribution in [-0.2, 0) is 4.79 Å². The molecule has 1 atom stereocenters. The molecule has 0 aliphatic carbocycles. The predicted octanol–water partition coefficient (Wildman–Crippen LogP) is 3.53. The Hall–Kier alpha value is -4.27. The molecule has 0 unspecified atom stereocenters. The van der Waals surface area contributed by atoms with Crippen molar-refractivity contribution in [2.45, 2.75) is 13.0 Å². The van der Waals surface area contributed by atoms with Gasteiger partial charge in [0.1, 0.15) is 28.6 Å². The van der Waals surface area contributed by atoms with Crippen LogP contribution in [0.4, 0.5) is 11.5 Å². The number of ether oxygens (including phenoxy) is 2. The van der Waals surface area contributed by atoms with E-state index in [1.807, 2.05) is 19.1 Å². The summed E-state index contributed by atoms with van der Waals surface area (Å²) in [5.41, 5.74) is 1.57. The molecule has 9 heteroatoms. The number of amides is 1. The van der Waals surface area contributed by atoms with E-state index in [4.69, 9.17) is 9.47 Å². The van der Waals surface area contributed by atoms with Crippen molar-refractivity contribution in [2.24, 2.45) is 0 Å². The number of nitrogens with one attached hydrogen (secondary N) is 2. The molecule has 0 fully saturated rings. The van der Waals surface area contributed by atoms with Crippen molar-refractivity contribution in [1.82, 2.24) is 9.78 Å². The fourth-order valence-corrected chi connectivity index (χ4v) is 3.42. The highest BCUT2D eigenvalue weighted by Gasteiger charge is 2.29. The summed E-state index contributed by atoms with van der Waals surface area (Å²) in [7, 11) is 1.57. The van der Waals surface area contributed by atoms with Crippen LogP contribution in [0.25, 0.3) is 0 Å². The highest BCUT2D eigenvalue weighted by Crippen LogP contribution is 2.33. The van der Waals surface area contributed by atoms with Crippen molar-refractivity contribution in [1.29, 1.82) is 0 Å². The van der Waals surface area contributed by atoms with Crippen LogP contribution in [0.1, 0.15) is 28.9 Å². The number of carbonyl (C=O) groups is 2. The van der Waals surface area contributed by atoms with Crippen molar-refractivity contribution >= 4 is 23.4 Å². The Bertz CT molecular complexity index is 1170. The summed E-state index contributed by atoms with van der Waals surface area (Å²) >= 11 is 0. The van der Waals surface area contributed by atoms with Crippen LogP contribution in [0.3, 0.4) is 0 Å². The molecule has 3 N–H and O–H groups in total. The molecule has 164 valence electrons. The van der Waals surface area contributed by atoms with Gasteiger partial charge >= 0.3 is 5.97 Å². The van der Waals surface area contributed by atoms with E-state index in [0.29, 0.717) is 29.6 Å². The molecule has 2 heterocycles. The molecule has 0 spiro atoms. The molecule has 2 aromatic carbocycles. The average Bonchev–Trinajstić information content (AvgIpc) is 3.24. The minimum atomic E-state index is -1.13. The fourth-order valence-electron chi connectivity index (χ4n) is 3.42. The highest BCUT2D eigenvalue weighted by molar-refractivity contribution is 6.08. The maximum Gasteiger partial charge on any atom is 0.352 e. The molecule has 0 radical (unpaired) electrons. The number of nitrogens with zero attached hydrogens (tertiary/aromatic N) is 2. The predicted molar refractivity (Wildman–Crippen MR) is 118 cm³/mol. The van der Waals surface area contributed by atoms with Gasteiger partial charge in [0.2, 0.25) is 0 Å². The van der Waals surface area contributed by atoms with E-state index >= 15 is 0 Å². The lowest BCUT2D eigenvalue weighted by Crippen LogP contribution is -2.25. The van der Waals surface area contributed by atoms with E-state index in [9.17, 15) is 14.7 Å². The molecule has 1 aliphatic heterocycles. The van der Waals surface area contributed by atoms with E-state index in [1.165, 1.54) is 6.20 Å². The van der Waals surface area contributed by atoms with Crippen molar-refractivity contribution in [3.8, 4) is 11.5 Å². The first kappa shape index (κ1) is 21.0. The number of aliphatic carboxylic acids is 1. The number of aromatic nitrogens is 2. The number of allylic oxidation sites excluding steroid dienone is 1. The number of methoxy groups -OCH3 is 1. The Morgan fingerprint density at radius 1 is 1.12 bits per heavy atom.